The topological polar surface area (TPSA) is 66.5 Å². The second-order valence-corrected chi connectivity index (χ2v) is 8.36. The van der Waals surface area contributed by atoms with Gasteiger partial charge in [0.25, 0.3) is 5.91 Å². The highest BCUT2D eigenvalue weighted by molar-refractivity contribution is 7.89. The average molecular weight is 338 g/mol. The van der Waals surface area contributed by atoms with Gasteiger partial charge in [0.05, 0.1) is 4.90 Å². The minimum atomic E-state index is -3.53. The molecule has 1 aliphatic rings. The van der Waals surface area contributed by atoms with Gasteiger partial charge in [-0.25, -0.2) is 8.42 Å². The third-order valence-electron chi connectivity index (χ3n) is 4.08. The van der Waals surface area contributed by atoms with E-state index in [-0.39, 0.29) is 16.8 Å². The van der Waals surface area contributed by atoms with E-state index in [4.69, 9.17) is 0 Å². The fourth-order valence-electron chi connectivity index (χ4n) is 2.78. The number of hydrogen-bond acceptors (Lipinski definition) is 3. The Kier molecular flexibility index (Phi) is 5.81. The zero-order valence-corrected chi connectivity index (χ0v) is 14.9. The summed E-state index contributed by atoms with van der Waals surface area (Å²) in [5, 5.41) is 2.82. The molecule has 1 aromatic carbocycles. The summed E-state index contributed by atoms with van der Waals surface area (Å²) in [5.41, 5.74) is 1.20. The molecule has 1 heterocycles. The van der Waals surface area contributed by atoms with Gasteiger partial charge < -0.3 is 5.32 Å². The molecule has 0 unspecified atom stereocenters. The number of nitrogens with zero attached hydrogens (tertiary/aromatic N) is 1. The lowest BCUT2D eigenvalue weighted by Gasteiger charge is -2.20. The Morgan fingerprint density at radius 1 is 1.13 bits per heavy atom. The molecule has 1 saturated heterocycles. The van der Waals surface area contributed by atoms with Crippen LogP contribution in [0.2, 0.25) is 0 Å². The molecule has 1 aromatic rings. The van der Waals surface area contributed by atoms with Crippen molar-refractivity contribution in [3.05, 3.63) is 29.3 Å². The number of carbonyl (C=O) groups excluding carboxylic acids is 1. The number of rotatable bonds is 4. The summed E-state index contributed by atoms with van der Waals surface area (Å²) in [7, 11) is -3.53. The monoisotopic (exact) mass is 338 g/mol. The smallest absolute Gasteiger partial charge is 0.251 e. The van der Waals surface area contributed by atoms with Gasteiger partial charge in [0, 0.05) is 24.7 Å². The van der Waals surface area contributed by atoms with Crippen molar-refractivity contribution in [1.82, 2.24) is 9.62 Å². The third-order valence-corrected chi connectivity index (χ3v) is 5.97. The maximum atomic E-state index is 12.8. The van der Waals surface area contributed by atoms with Crippen molar-refractivity contribution in [2.75, 3.05) is 13.1 Å². The maximum Gasteiger partial charge on any atom is 0.251 e. The lowest BCUT2D eigenvalue weighted by Crippen LogP contribution is -2.33. The number of nitrogens with one attached hydrogen (secondary N) is 1. The average Bonchev–Trinajstić information content (AvgIpc) is 2.76. The first-order valence-electron chi connectivity index (χ1n) is 8.24. The molecule has 1 N–H and O–H groups in total. The van der Waals surface area contributed by atoms with E-state index >= 15 is 0 Å². The van der Waals surface area contributed by atoms with Gasteiger partial charge in [-0.3, -0.25) is 4.79 Å². The second-order valence-electron chi connectivity index (χ2n) is 6.42. The molecule has 1 aliphatic heterocycles. The molecule has 0 bridgehead atoms. The first kappa shape index (κ1) is 17.9. The van der Waals surface area contributed by atoms with Gasteiger partial charge in [-0.15, -0.1) is 0 Å². The number of carbonyl (C=O) groups is 1. The molecule has 0 aromatic heterocycles. The van der Waals surface area contributed by atoms with E-state index < -0.39 is 10.0 Å². The predicted octanol–water partition coefficient (Wildman–Crippen LogP) is 2.70. The van der Waals surface area contributed by atoms with Crippen LogP contribution in [-0.4, -0.2) is 37.8 Å². The molecule has 23 heavy (non-hydrogen) atoms. The quantitative estimate of drug-likeness (QED) is 0.918. The summed E-state index contributed by atoms with van der Waals surface area (Å²) >= 11 is 0. The maximum absolute atomic E-state index is 12.8. The van der Waals surface area contributed by atoms with Gasteiger partial charge in [-0.05, 0) is 51.3 Å². The Bertz CT molecular complexity index is 660. The lowest BCUT2D eigenvalue weighted by atomic mass is 10.1. The van der Waals surface area contributed by atoms with E-state index in [0.717, 1.165) is 31.2 Å². The Hall–Kier alpha value is -1.40. The molecule has 6 heteroatoms. The minimum Gasteiger partial charge on any atom is -0.350 e. The van der Waals surface area contributed by atoms with Crippen LogP contribution in [0.15, 0.2) is 23.1 Å². The Morgan fingerprint density at radius 3 is 2.30 bits per heavy atom. The number of hydrogen-bond donors (Lipinski definition) is 1. The lowest BCUT2D eigenvalue weighted by molar-refractivity contribution is 0.0942. The van der Waals surface area contributed by atoms with Gasteiger partial charge in [0.2, 0.25) is 10.0 Å². The van der Waals surface area contributed by atoms with Gasteiger partial charge in [0.15, 0.2) is 0 Å². The van der Waals surface area contributed by atoms with Crippen LogP contribution in [0.3, 0.4) is 0 Å². The molecule has 0 aliphatic carbocycles. The normalized spacial score (nSPS) is 17.0. The van der Waals surface area contributed by atoms with E-state index in [1.54, 1.807) is 16.4 Å². The standard InChI is InChI=1S/C17H26N2O3S/c1-13(2)18-17(20)16-12-15(9-8-14(16)3)23(21,22)19-10-6-4-5-7-11-19/h8-9,12-13H,4-7,10-11H2,1-3H3,(H,18,20). The Balaban J connectivity index is 2.33. The highest BCUT2D eigenvalue weighted by Crippen LogP contribution is 2.22. The third kappa shape index (κ3) is 4.32. The van der Waals surface area contributed by atoms with Crippen molar-refractivity contribution in [3.8, 4) is 0 Å². The number of aryl methyl sites for hydroxylation is 1. The molecule has 128 valence electrons. The first-order valence-corrected chi connectivity index (χ1v) is 9.68. The fraction of sp³-hybridized carbons (Fsp3) is 0.588. The van der Waals surface area contributed by atoms with E-state index in [1.165, 1.54) is 6.07 Å². The minimum absolute atomic E-state index is 0.00719. The van der Waals surface area contributed by atoms with Gasteiger partial charge in [-0.1, -0.05) is 18.9 Å². The summed E-state index contributed by atoms with van der Waals surface area (Å²) in [4.78, 5) is 12.5. The van der Waals surface area contributed by atoms with Crippen LogP contribution in [0.4, 0.5) is 0 Å². The second kappa shape index (κ2) is 7.45. The molecule has 1 fully saturated rings. The number of amides is 1. The summed E-state index contributed by atoms with van der Waals surface area (Å²) in [6.07, 6.45) is 3.93. The summed E-state index contributed by atoms with van der Waals surface area (Å²) in [6.45, 7) is 6.70. The van der Waals surface area contributed by atoms with Crippen LogP contribution in [0.1, 0.15) is 55.5 Å². The van der Waals surface area contributed by atoms with Gasteiger partial charge in [-0.2, -0.15) is 4.31 Å². The zero-order chi connectivity index (χ0) is 17.0. The molecular weight excluding hydrogens is 312 g/mol. The highest BCUT2D eigenvalue weighted by Gasteiger charge is 2.26. The number of benzene rings is 1. The number of sulfonamides is 1. The first-order chi connectivity index (χ1) is 10.8. The summed E-state index contributed by atoms with van der Waals surface area (Å²) < 4.78 is 27.2. The van der Waals surface area contributed by atoms with Crippen molar-refractivity contribution in [2.45, 2.75) is 57.4 Å². The van der Waals surface area contributed by atoms with Crippen LogP contribution in [0.5, 0.6) is 0 Å². The Morgan fingerprint density at radius 2 is 1.74 bits per heavy atom. The molecule has 1 amide bonds. The molecule has 5 nitrogen and oxygen atoms in total. The molecular formula is C17H26N2O3S. The van der Waals surface area contributed by atoms with Crippen LogP contribution in [-0.2, 0) is 10.0 Å². The predicted molar refractivity (Wildman–Crippen MR) is 91.0 cm³/mol. The van der Waals surface area contributed by atoms with Crippen molar-refractivity contribution >= 4 is 15.9 Å². The highest BCUT2D eigenvalue weighted by atomic mass is 32.2. The molecule has 0 radical (unpaired) electrons. The molecule has 2 rings (SSSR count). The van der Waals surface area contributed by atoms with E-state index in [1.807, 2.05) is 20.8 Å². The molecule has 0 spiro atoms. The molecule has 0 atom stereocenters. The van der Waals surface area contributed by atoms with Crippen molar-refractivity contribution in [1.29, 1.82) is 0 Å². The largest absolute Gasteiger partial charge is 0.350 e. The van der Waals surface area contributed by atoms with E-state index in [9.17, 15) is 13.2 Å². The van der Waals surface area contributed by atoms with Gasteiger partial charge in [0.1, 0.15) is 0 Å². The van der Waals surface area contributed by atoms with Crippen molar-refractivity contribution in [3.63, 3.8) is 0 Å². The SMILES string of the molecule is Cc1ccc(S(=O)(=O)N2CCCCCC2)cc1C(=O)NC(C)C. The van der Waals surface area contributed by atoms with E-state index in [2.05, 4.69) is 5.32 Å². The van der Waals surface area contributed by atoms with Crippen molar-refractivity contribution in [2.24, 2.45) is 0 Å². The molecule has 0 saturated carbocycles. The van der Waals surface area contributed by atoms with Crippen LogP contribution < -0.4 is 5.32 Å². The van der Waals surface area contributed by atoms with E-state index in [0.29, 0.717) is 18.7 Å². The Labute approximate surface area is 139 Å². The van der Waals surface area contributed by atoms with Crippen LogP contribution >= 0.6 is 0 Å². The van der Waals surface area contributed by atoms with Crippen LogP contribution in [0, 0.1) is 6.92 Å². The van der Waals surface area contributed by atoms with Crippen LogP contribution in [0.25, 0.3) is 0 Å². The summed E-state index contributed by atoms with van der Waals surface area (Å²) in [5.74, 6) is -0.231. The van der Waals surface area contributed by atoms with Gasteiger partial charge >= 0.3 is 0 Å². The zero-order valence-electron chi connectivity index (χ0n) is 14.1. The summed E-state index contributed by atoms with van der Waals surface area (Å²) in [6, 6.07) is 4.82. The fourth-order valence-corrected chi connectivity index (χ4v) is 4.32. The van der Waals surface area contributed by atoms with Crippen molar-refractivity contribution < 1.29 is 13.2 Å².